The Balaban J connectivity index is 1.60. The number of hydrogen-bond acceptors (Lipinski definition) is 3. The van der Waals surface area contributed by atoms with Gasteiger partial charge in [-0.2, -0.15) is 0 Å². The Morgan fingerprint density at radius 1 is 1.00 bits per heavy atom. The normalized spacial score (nSPS) is 12.3. The van der Waals surface area contributed by atoms with Crippen molar-refractivity contribution >= 4 is 16.7 Å². The van der Waals surface area contributed by atoms with Crippen molar-refractivity contribution < 1.29 is 9.21 Å². The summed E-state index contributed by atoms with van der Waals surface area (Å²) in [4.78, 5) is 16.5. The van der Waals surface area contributed by atoms with E-state index in [1.165, 1.54) is 0 Å². The number of fused-ring (bicyclic) bond motifs is 1. The molecule has 0 saturated carbocycles. The number of ketones is 1. The van der Waals surface area contributed by atoms with E-state index < -0.39 is 6.04 Å². The van der Waals surface area contributed by atoms with Crippen molar-refractivity contribution in [2.24, 2.45) is 0 Å². The fourth-order valence-electron chi connectivity index (χ4n) is 3.23. The van der Waals surface area contributed by atoms with E-state index in [1.807, 2.05) is 66.7 Å². The van der Waals surface area contributed by atoms with Gasteiger partial charge in [0.25, 0.3) is 0 Å². The summed E-state index contributed by atoms with van der Waals surface area (Å²) >= 11 is 0. The summed E-state index contributed by atoms with van der Waals surface area (Å²) in [6, 6.07) is 21.1. The Bertz CT molecular complexity index is 987. The Kier molecular flexibility index (Phi) is 4.67. The van der Waals surface area contributed by atoms with Gasteiger partial charge >= 0.3 is 0 Å². The third-order valence-electron chi connectivity index (χ3n) is 4.55. The molecule has 2 heterocycles. The van der Waals surface area contributed by atoms with Gasteiger partial charge in [-0.25, -0.2) is 0 Å². The predicted octanol–water partition coefficient (Wildman–Crippen LogP) is 4.52. The molecule has 0 saturated heterocycles. The average molecular weight is 344 g/mol. The molecule has 0 aliphatic rings. The van der Waals surface area contributed by atoms with E-state index in [0.29, 0.717) is 12.1 Å². The first-order chi connectivity index (χ1) is 12.8. The molecule has 2 aromatic heterocycles. The lowest BCUT2D eigenvalue weighted by Gasteiger charge is -2.18. The predicted molar refractivity (Wildman–Crippen MR) is 102 cm³/mol. The molecule has 2 aromatic carbocycles. The number of hydrogen-bond donors (Lipinski definition) is 2. The molecule has 1 unspecified atom stereocenters. The van der Waals surface area contributed by atoms with Gasteiger partial charge in [-0.05, 0) is 23.8 Å². The van der Waals surface area contributed by atoms with Crippen molar-refractivity contribution in [1.29, 1.82) is 0 Å². The number of furan rings is 1. The van der Waals surface area contributed by atoms with Gasteiger partial charge in [0.1, 0.15) is 5.76 Å². The molecule has 0 fully saturated rings. The maximum absolute atomic E-state index is 13.3. The second-order valence-electron chi connectivity index (χ2n) is 6.24. The zero-order chi connectivity index (χ0) is 17.8. The number of para-hydroxylation sites is 1. The maximum atomic E-state index is 13.3. The topological polar surface area (TPSA) is 58.0 Å². The summed E-state index contributed by atoms with van der Waals surface area (Å²) in [7, 11) is 0. The van der Waals surface area contributed by atoms with E-state index in [1.54, 1.807) is 12.5 Å². The van der Waals surface area contributed by atoms with Crippen LogP contribution in [-0.4, -0.2) is 17.3 Å². The van der Waals surface area contributed by atoms with Gasteiger partial charge in [0, 0.05) is 35.6 Å². The number of nitrogens with one attached hydrogen (secondary N) is 2. The number of Topliss-reactive ketones (excluding diaryl/α,β-unsaturated/α-hetero) is 1. The molecule has 0 spiro atoms. The fourth-order valence-corrected chi connectivity index (χ4v) is 3.23. The van der Waals surface area contributed by atoms with Crippen LogP contribution in [0.1, 0.15) is 27.7 Å². The summed E-state index contributed by atoms with van der Waals surface area (Å²) in [5, 5.41) is 4.35. The Morgan fingerprint density at radius 2 is 1.81 bits per heavy atom. The van der Waals surface area contributed by atoms with E-state index in [2.05, 4.69) is 10.3 Å². The lowest BCUT2D eigenvalue weighted by atomic mass is 9.97. The fraction of sp³-hybridized carbons (Fsp3) is 0.136. The van der Waals surface area contributed by atoms with Crippen molar-refractivity contribution in [1.82, 2.24) is 10.3 Å². The third-order valence-corrected chi connectivity index (χ3v) is 4.55. The molecule has 4 nitrogen and oxygen atoms in total. The molecule has 4 heteroatoms. The SMILES string of the molecule is O=C(c1c[nH]c2ccccc12)C(NCCc1ccco1)c1ccccc1. The largest absolute Gasteiger partial charge is 0.469 e. The molecule has 4 aromatic rings. The first-order valence-corrected chi connectivity index (χ1v) is 8.74. The van der Waals surface area contributed by atoms with Gasteiger partial charge in [-0.15, -0.1) is 0 Å². The van der Waals surface area contributed by atoms with E-state index in [-0.39, 0.29) is 5.78 Å². The number of carbonyl (C=O) groups excluding carboxylic acids is 1. The minimum Gasteiger partial charge on any atom is -0.469 e. The van der Waals surface area contributed by atoms with Gasteiger partial charge in [-0.3, -0.25) is 4.79 Å². The third kappa shape index (κ3) is 3.32. The number of aromatic nitrogens is 1. The van der Waals surface area contributed by atoms with Crippen LogP contribution in [-0.2, 0) is 6.42 Å². The highest BCUT2D eigenvalue weighted by atomic mass is 16.3. The minimum absolute atomic E-state index is 0.0631. The summed E-state index contributed by atoms with van der Waals surface area (Å²) in [5.74, 6) is 0.969. The molecule has 0 radical (unpaired) electrons. The van der Waals surface area contributed by atoms with Crippen LogP contribution in [0.25, 0.3) is 10.9 Å². The first kappa shape index (κ1) is 16.4. The molecule has 0 aliphatic heterocycles. The smallest absolute Gasteiger partial charge is 0.186 e. The minimum atomic E-state index is -0.398. The molecule has 1 atom stereocenters. The molecular formula is C22H20N2O2. The highest BCUT2D eigenvalue weighted by molar-refractivity contribution is 6.10. The average Bonchev–Trinajstić information content (AvgIpc) is 3.35. The van der Waals surface area contributed by atoms with Gasteiger partial charge in [-0.1, -0.05) is 48.5 Å². The van der Waals surface area contributed by atoms with Crippen LogP contribution < -0.4 is 5.32 Å². The van der Waals surface area contributed by atoms with Gasteiger partial charge in [0.2, 0.25) is 0 Å². The zero-order valence-corrected chi connectivity index (χ0v) is 14.3. The van der Waals surface area contributed by atoms with Crippen LogP contribution >= 0.6 is 0 Å². The summed E-state index contributed by atoms with van der Waals surface area (Å²) in [6.07, 6.45) is 4.20. The highest BCUT2D eigenvalue weighted by Crippen LogP contribution is 2.24. The number of aromatic amines is 1. The summed E-state index contributed by atoms with van der Waals surface area (Å²) < 4.78 is 5.38. The Morgan fingerprint density at radius 3 is 2.62 bits per heavy atom. The van der Waals surface area contributed by atoms with Crippen LogP contribution in [0.4, 0.5) is 0 Å². The highest BCUT2D eigenvalue weighted by Gasteiger charge is 2.23. The van der Waals surface area contributed by atoms with Crippen LogP contribution in [0.2, 0.25) is 0 Å². The van der Waals surface area contributed by atoms with Crippen LogP contribution in [0.15, 0.2) is 83.6 Å². The van der Waals surface area contributed by atoms with Crippen LogP contribution in [0.5, 0.6) is 0 Å². The molecule has 4 rings (SSSR count). The van der Waals surface area contributed by atoms with Gasteiger partial charge in [0.05, 0.1) is 12.3 Å². The van der Waals surface area contributed by atoms with E-state index in [9.17, 15) is 4.79 Å². The first-order valence-electron chi connectivity index (χ1n) is 8.74. The van der Waals surface area contributed by atoms with Crippen LogP contribution in [0.3, 0.4) is 0 Å². The second-order valence-corrected chi connectivity index (χ2v) is 6.24. The second kappa shape index (κ2) is 7.42. The van der Waals surface area contributed by atoms with Crippen molar-refractivity contribution in [3.63, 3.8) is 0 Å². The van der Waals surface area contributed by atoms with Crippen molar-refractivity contribution in [2.75, 3.05) is 6.54 Å². The Hall–Kier alpha value is -3.11. The molecule has 2 N–H and O–H groups in total. The van der Waals surface area contributed by atoms with Crippen molar-refractivity contribution in [2.45, 2.75) is 12.5 Å². The van der Waals surface area contributed by atoms with Gasteiger partial charge < -0.3 is 14.7 Å². The molecule has 0 amide bonds. The monoisotopic (exact) mass is 344 g/mol. The summed E-state index contributed by atoms with van der Waals surface area (Å²) in [6.45, 7) is 0.654. The van der Waals surface area contributed by atoms with Crippen LogP contribution in [0, 0.1) is 0 Å². The number of H-pyrrole nitrogens is 1. The molecule has 26 heavy (non-hydrogen) atoms. The summed E-state index contributed by atoms with van der Waals surface area (Å²) in [5.41, 5.74) is 2.64. The standard InChI is InChI=1S/C22H20N2O2/c25-22(19-15-24-20-11-5-4-10-18(19)20)21(16-7-2-1-3-8-16)23-13-12-17-9-6-14-26-17/h1-11,14-15,21,23-24H,12-13H2. The molecule has 0 aliphatic carbocycles. The number of carbonyl (C=O) groups is 1. The lowest BCUT2D eigenvalue weighted by molar-refractivity contribution is 0.0944. The van der Waals surface area contributed by atoms with Gasteiger partial charge in [0.15, 0.2) is 5.78 Å². The van der Waals surface area contributed by atoms with Crippen molar-refractivity contribution in [3.05, 3.63) is 96.1 Å². The van der Waals surface area contributed by atoms with Crippen molar-refractivity contribution in [3.8, 4) is 0 Å². The molecule has 130 valence electrons. The number of rotatable bonds is 7. The van der Waals surface area contributed by atoms with E-state index in [0.717, 1.165) is 28.6 Å². The quantitative estimate of drug-likeness (QED) is 0.485. The van der Waals surface area contributed by atoms with E-state index in [4.69, 9.17) is 4.42 Å². The molecule has 0 bridgehead atoms. The lowest BCUT2D eigenvalue weighted by Crippen LogP contribution is -2.30. The maximum Gasteiger partial charge on any atom is 0.186 e. The Labute approximate surface area is 151 Å². The zero-order valence-electron chi connectivity index (χ0n) is 14.3. The number of benzene rings is 2. The van der Waals surface area contributed by atoms with E-state index >= 15 is 0 Å². The molecular weight excluding hydrogens is 324 g/mol.